The van der Waals surface area contributed by atoms with Gasteiger partial charge >= 0.3 is 0 Å². The molecule has 48 valence electrons. The van der Waals surface area contributed by atoms with E-state index in [9.17, 15) is 0 Å². The molecule has 1 saturated heterocycles. The third-order valence-electron chi connectivity index (χ3n) is 1.08. The molecule has 1 nitrogen and oxygen atoms in total. The van der Waals surface area contributed by atoms with Crippen LogP contribution in [0, 0.1) is 0 Å². The van der Waals surface area contributed by atoms with E-state index in [2.05, 4.69) is 0 Å². The molecule has 0 aromatic rings. The Labute approximate surface area is 72.1 Å². The van der Waals surface area contributed by atoms with Crippen LogP contribution in [0.25, 0.3) is 0 Å². The molecule has 0 aliphatic carbocycles. The summed E-state index contributed by atoms with van der Waals surface area (Å²) >= 11 is 0. The van der Waals surface area contributed by atoms with Crippen LogP contribution in [-0.4, -0.2) is 47.9 Å². The summed E-state index contributed by atoms with van der Waals surface area (Å²) < 4.78 is 5.07. The molecule has 3 heteroatoms. The highest BCUT2D eigenvalue weighted by Gasteiger charge is 1.94. The van der Waals surface area contributed by atoms with Gasteiger partial charge in [-0.3, -0.25) is 0 Å². The minimum Gasteiger partial charge on any atom is -0.381 e. The average molecular weight is 146 g/mol. The summed E-state index contributed by atoms with van der Waals surface area (Å²) in [7, 11) is 0. The van der Waals surface area contributed by atoms with Gasteiger partial charge in [0.15, 0.2) is 34.7 Å². The third kappa shape index (κ3) is 5.17. The largest absolute Gasteiger partial charge is 0.381 e. The molecule has 0 saturated carbocycles. The van der Waals surface area contributed by atoms with Crippen molar-refractivity contribution in [2.45, 2.75) is 19.3 Å². The van der Waals surface area contributed by atoms with Crippen molar-refractivity contribution in [2.75, 3.05) is 13.2 Å². The molecule has 0 aromatic carbocycles. The molecule has 8 heavy (non-hydrogen) atoms. The maximum absolute atomic E-state index is 5.07. The Balaban J connectivity index is 0. The lowest BCUT2D eigenvalue weighted by atomic mass is 10.2. The van der Waals surface area contributed by atoms with Gasteiger partial charge < -0.3 is 4.74 Å². The topological polar surface area (TPSA) is 9.23 Å². The van der Waals surface area contributed by atoms with Crippen LogP contribution >= 0.6 is 0 Å². The Kier molecular flexibility index (Phi) is 11.8. The van der Waals surface area contributed by atoms with Crippen molar-refractivity contribution in [3.05, 3.63) is 0 Å². The summed E-state index contributed by atoms with van der Waals surface area (Å²) in [5, 5.41) is 0. The highest BCUT2D eigenvalue weighted by Crippen LogP contribution is 2.01. The Bertz CT molecular complexity index is 25.9. The molecule has 1 rings (SSSR count). The first-order valence-corrected chi connectivity index (χ1v) is 2.58. The zero-order valence-electron chi connectivity index (χ0n) is 3.94. The van der Waals surface area contributed by atoms with Gasteiger partial charge in [0.2, 0.25) is 0 Å². The molecule has 0 unspecified atom stereocenters. The Morgan fingerprint density at radius 1 is 0.750 bits per heavy atom. The van der Waals surface area contributed by atoms with Gasteiger partial charge in [0.25, 0.3) is 0 Å². The van der Waals surface area contributed by atoms with Crippen molar-refractivity contribution < 1.29 is 4.74 Å². The van der Waals surface area contributed by atoms with Gasteiger partial charge in [-0.15, -0.1) is 0 Å². The van der Waals surface area contributed by atoms with Crippen LogP contribution in [0.15, 0.2) is 0 Å². The minimum absolute atomic E-state index is 0. The Morgan fingerprint density at radius 3 is 1.38 bits per heavy atom. The standard InChI is InChI=1S/C5H10O.2Al.6H/c1-2-4-6-5-3-1;;;;;;;;/h1-5H2;;;;;;;;. The fraction of sp³-hybridized carbons (Fsp3) is 1.00. The van der Waals surface area contributed by atoms with E-state index < -0.39 is 0 Å². The molecule has 0 aromatic heterocycles. The van der Waals surface area contributed by atoms with E-state index in [1.54, 1.807) is 0 Å². The maximum Gasteiger partial charge on any atom is 0.187 e. The van der Waals surface area contributed by atoms with Crippen molar-refractivity contribution in [1.29, 1.82) is 0 Å². The fourth-order valence-electron chi connectivity index (χ4n) is 0.687. The van der Waals surface area contributed by atoms with Gasteiger partial charge in [0.05, 0.1) is 0 Å². The van der Waals surface area contributed by atoms with Gasteiger partial charge in [-0.25, -0.2) is 0 Å². The van der Waals surface area contributed by atoms with Crippen molar-refractivity contribution in [2.24, 2.45) is 0 Å². The first-order valence-electron chi connectivity index (χ1n) is 2.58. The number of rotatable bonds is 0. The molecule has 0 atom stereocenters. The van der Waals surface area contributed by atoms with E-state index in [4.69, 9.17) is 4.74 Å². The second-order valence-electron chi connectivity index (χ2n) is 1.67. The first-order chi connectivity index (χ1) is 3.00. The molecular formula is C5H16Al2O. The van der Waals surface area contributed by atoms with Crippen molar-refractivity contribution in [3.8, 4) is 0 Å². The van der Waals surface area contributed by atoms with Crippen LogP contribution < -0.4 is 0 Å². The number of hydrogen-bond acceptors (Lipinski definition) is 1. The normalized spacial score (nSPS) is 18.0. The summed E-state index contributed by atoms with van der Waals surface area (Å²) in [6.07, 6.45) is 3.93. The molecule has 0 N–H and O–H groups in total. The lowest BCUT2D eigenvalue weighted by Crippen LogP contribution is -2.03. The molecule has 1 fully saturated rings. The summed E-state index contributed by atoms with van der Waals surface area (Å²) in [4.78, 5) is 0. The molecule has 0 bridgehead atoms. The maximum atomic E-state index is 5.07. The van der Waals surface area contributed by atoms with E-state index in [0.29, 0.717) is 0 Å². The summed E-state index contributed by atoms with van der Waals surface area (Å²) in [6.45, 7) is 2.00. The van der Waals surface area contributed by atoms with Gasteiger partial charge in [0, 0.05) is 13.2 Å². The predicted octanol–water partition coefficient (Wildman–Crippen LogP) is -1.18. The zero-order chi connectivity index (χ0) is 4.24. The van der Waals surface area contributed by atoms with Gasteiger partial charge in [0.1, 0.15) is 0 Å². The van der Waals surface area contributed by atoms with Gasteiger partial charge in [-0.1, -0.05) is 0 Å². The number of ether oxygens (including phenoxy) is 1. The zero-order valence-corrected chi connectivity index (χ0v) is 3.94. The van der Waals surface area contributed by atoms with Crippen molar-refractivity contribution >= 4 is 34.7 Å². The lowest BCUT2D eigenvalue weighted by Gasteiger charge is -2.08. The van der Waals surface area contributed by atoms with Crippen LogP contribution in [0.3, 0.4) is 0 Å². The Morgan fingerprint density at radius 2 is 1.25 bits per heavy atom. The van der Waals surface area contributed by atoms with Crippen LogP contribution in [0.4, 0.5) is 0 Å². The van der Waals surface area contributed by atoms with Crippen LogP contribution in [0.2, 0.25) is 0 Å². The first kappa shape index (κ1) is 11.8. The van der Waals surface area contributed by atoms with E-state index in [-0.39, 0.29) is 34.7 Å². The monoisotopic (exact) mass is 146 g/mol. The number of hydrogen-bond donors (Lipinski definition) is 0. The van der Waals surface area contributed by atoms with E-state index in [0.717, 1.165) is 13.2 Å². The molecule has 1 heterocycles. The van der Waals surface area contributed by atoms with E-state index in [1.807, 2.05) is 0 Å². The third-order valence-corrected chi connectivity index (χ3v) is 1.08. The summed E-state index contributed by atoms with van der Waals surface area (Å²) in [6, 6.07) is 0. The SMILES string of the molecule is C1CCOCC1.[AlH3].[AlH3]. The molecule has 1 aliphatic rings. The predicted molar refractivity (Wildman–Crippen MR) is 44.5 cm³/mol. The molecular weight excluding hydrogens is 130 g/mol. The highest BCUT2D eigenvalue weighted by molar-refractivity contribution is 5.76. The molecule has 0 amide bonds. The van der Waals surface area contributed by atoms with E-state index >= 15 is 0 Å². The van der Waals surface area contributed by atoms with Crippen molar-refractivity contribution in [1.82, 2.24) is 0 Å². The van der Waals surface area contributed by atoms with Gasteiger partial charge in [-0.05, 0) is 19.3 Å². The Hall–Kier alpha value is 1.02. The second-order valence-corrected chi connectivity index (χ2v) is 1.67. The van der Waals surface area contributed by atoms with Gasteiger partial charge in [-0.2, -0.15) is 0 Å². The smallest absolute Gasteiger partial charge is 0.187 e. The van der Waals surface area contributed by atoms with Crippen molar-refractivity contribution in [3.63, 3.8) is 0 Å². The average Bonchev–Trinajstić information content (AvgIpc) is 1.72. The second kappa shape index (κ2) is 8.02. The molecule has 1 aliphatic heterocycles. The van der Waals surface area contributed by atoms with E-state index in [1.165, 1.54) is 19.3 Å². The van der Waals surface area contributed by atoms with Crippen LogP contribution in [0.1, 0.15) is 19.3 Å². The van der Waals surface area contributed by atoms with Crippen LogP contribution in [-0.2, 0) is 4.74 Å². The minimum atomic E-state index is 0. The quantitative estimate of drug-likeness (QED) is 0.391. The highest BCUT2D eigenvalue weighted by atomic mass is 27.0. The molecule has 0 radical (unpaired) electrons. The van der Waals surface area contributed by atoms with Crippen LogP contribution in [0.5, 0.6) is 0 Å². The summed E-state index contributed by atoms with van der Waals surface area (Å²) in [5.74, 6) is 0. The summed E-state index contributed by atoms with van der Waals surface area (Å²) in [5.41, 5.74) is 0. The molecule has 0 spiro atoms. The fourth-order valence-corrected chi connectivity index (χ4v) is 0.687. The lowest BCUT2D eigenvalue weighted by molar-refractivity contribution is 0.0968.